The van der Waals surface area contributed by atoms with Crippen LogP contribution in [0.15, 0.2) is 17.1 Å². The van der Waals surface area contributed by atoms with Gasteiger partial charge in [-0.2, -0.15) is 0 Å². The van der Waals surface area contributed by atoms with E-state index in [9.17, 15) is 9.59 Å². The van der Waals surface area contributed by atoms with Gasteiger partial charge in [-0.25, -0.2) is 0 Å². The highest BCUT2D eigenvalue weighted by molar-refractivity contribution is 5.93. The quantitative estimate of drug-likeness (QED) is 0.831. The monoisotopic (exact) mass is 263 g/mol. The van der Waals surface area contributed by atoms with Crippen LogP contribution in [0.25, 0.3) is 0 Å². The molecule has 1 amide bonds. The van der Waals surface area contributed by atoms with E-state index in [1.807, 2.05) is 0 Å². The third-order valence-corrected chi connectivity index (χ3v) is 3.89. The number of piperidine rings is 1. The molecule has 1 saturated heterocycles. The van der Waals surface area contributed by atoms with E-state index in [-0.39, 0.29) is 22.9 Å². The number of aromatic amines is 1. The summed E-state index contributed by atoms with van der Waals surface area (Å²) in [7, 11) is 0. The molecule has 19 heavy (non-hydrogen) atoms. The molecule has 2 atom stereocenters. The maximum Gasteiger partial charge on any atom is 0.259 e. The summed E-state index contributed by atoms with van der Waals surface area (Å²) in [5, 5.41) is 0. The molecule has 0 radical (unpaired) electrons. The van der Waals surface area contributed by atoms with Crippen molar-refractivity contribution in [3.8, 4) is 0 Å². The van der Waals surface area contributed by atoms with Gasteiger partial charge in [0.05, 0.1) is 0 Å². The summed E-state index contributed by atoms with van der Waals surface area (Å²) in [5.74, 6) is 0.133. The molecular weight excluding hydrogens is 242 g/mol. The molecule has 0 saturated carbocycles. The molecule has 0 aliphatic carbocycles. The second kappa shape index (κ2) is 5.57. The number of nitrogens with two attached hydrogens (primary N) is 1. The molecule has 5 nitrogen and oxygen atoms in total. The van der Waals surface area contributed by atoms with E-state index in [1.165, 1.54) is 12.3 Å². The number of likely N-dealkylation sites (tertiary alicyclic amines) is 1. The molecule has 1 aromatic rings. The number of rotatable bonds is 2. The maximum absolute atomic E-state index is 12.4. The zero-order valence-corrected chi connectivity index (χ0v) is 11.5. The van der Waals surface area contributed by atoms with Gasteiger partial charge in [-0.3, -0.25) is 9.59 Å². The van der Waals surface area contributed by atoms with Gasteiger partial charge in [0.1, 0.15) is 5.56 Å². The molecule has 104 valence electrons. The third kappa shape index (κ3) is 2.87. The summed E-state index contributed by atoms with van der Waals surface area (Å²) in [4.78, 5) is 28.9. The highest BCUT2D eigenvalue weighted by Crippen LogP contribution is 2.19. The minimum atomic E-state index is -0.218. The van der Waals surface area contributed by atoms with Crippen LogP contribution in [-0.2, 0) is 0 Å². The Balaban J connectivity index is 2.18. The van der Waals surface area contributed by atoms with Crippen LogP contribution in [0, 0.1) is 12.8 Å². The van der Waals surface area contributed by atoms with Crippen LogP contribution < -0.4 is 11.2 Å². The fourth-order valence-corrected chi connectivity index (χ4v) is 2.58. The van der Waals surface area contributed by atoms with E-state index in [0.717, 1.165) is 18.5 Å². The molecule has 2 heterocycles. The molecule has 1 aromatic heterocycles. The maximum atomic E-state index is 12.4. The number of nitrogens with zero attached hydrogens (tertiary/aromatic N) is 1. The van der Waals surface area contributed by atoms with Crippen LogP contribution >= 0.6 is 0 Å². The molecule has 2 rings (SSSR count). The molecule has 0 aromatic carbocycles. The van der Waals surface area contributed by atoms with Gasteiger partial charge in [-0.1, -0.05) is 13.3 Å². The standard InChI is InChI=1S/C14H21N3O2/c1-3-10-8-17(5-4-12(10)15)14(19)11-7-16-9(2)6-13(11)18/h6-7,10,12H,3-5,8,15H2,1-2H3,(H,16,18). The van der Waals surface area contributed by atoms with Crippen molar-refractivity contribution >= 4 is 5.91 Å². The molecule has 1 aliphatic heterocycles. The minimum Gasteiger partial charge on any atom is -0.364 e. The third-order valence-electron chi connectivity index (χ3n) is 3.89. The van der Waals surface area contributed by atoms with Crippen molar-refractivity contribution in [2.75, 3.05) is 13.1 Å². The van der Waals surface area contributed by atoms with E-state index >= 15 is 0 Å². The summed E-state index contributed by atoms with van der Waals surface area (Å²) < 4.78 is 0. The summed E-state index contributed by atoms with van der Waals surface area (Å²) >= 11 is 0. The number of hydrogen-bond acceptors (Lipinski definition) is 3. The molecule has 5 heteroatoms. The largest absolute Gasteiger partial charge is 0.364 e. The Hall–Kier alpha value is -1.62. The van der Waals surface area contributed by atoms with Crippen molar-refractivity contribution in [1.29, 1.82) is 0 Å². The summed E-state index contributed by atoms with van der Waals surface area (Å²) in [5.41, 5.74) is 6.79. The Morgan fingerprint density at radius 2 is 2.32 bits per heavy atom. The molecule has 0 bridgehead atoms. The molecule has 2 unspecified atom stereocenters. The number of nitrogens with one attached hydrogen (secondary N) is 1. The Morgan fingerprint density at radius 1 is 1.58 bits per heavy atom. The molecule has 0 spiro atoms. The zero-order valence-electron chi connectivity index (χ0n) is 11.5. The first kappa shape index (κ1) is 13.8. The second-order valence-corrected chi connectivity index (χ2v) is 5.27. The van der Waals surface area contributed by atoms with Gasteiger partial charge in [0.2, 0.25) is 0 Å². The summed E-state index contributed by atoms with van der Waals surface area (Å²) in [6.07, 6.45) is 3.26. The van der Waals surface area contributed by atoms with Gasteiger partial charge >= 0.3 is 0 Å². The predicted molar refractivity (Wildman–Crippen MR) is 74.1 cm³/mol. The van der Waals surface area contributed by atoms with Crippen molar-refractivity contribution in [1.82, 2.24) is 9.88 Å². The first-order valence-corrected chi connectivity index (χ1v) is 6.77. The molecular formula is C14H21N3O2. The Labute approximate surface area is 112 Å². The van der Waals surface area contributed by atoms with Crippen molar-refractivity contribution in [3.05, 3.63) is 33.7 Å². The lowest BCUT2D eigenvalue weighted by Gasteiger charge is -2.36. The van der Waals surface area contributed by atoms with Gasteiger partial charge in [0.25, 0.3) is 5.91 Å². The van der Waals surface area contributed by atoms with Gasteiger partial charge in [0, 0.05) is 37.1 Å². The first-order valence-electron chi connectivity index (χ1n) is 6.77. The Bertz CT molecular complexity index is 524. The first-order chi connectivity index (χ1) is 9.02. The van der Waals surface area contributed by atoms with Crippen LogP contribution in [0.5, 0.6) is 0 Å². The highest BCUT2D eigenvalue weighted by atomic mass is 16.2. The van der Waals surface area contributed by atoms with Crippen molar-refractivity contribution in [2.45, 2.75) is 32.7 Å². The summed E-state index contributed by atoms with van der Waals surface area (Å²) in [6.45, 7) is 5.15. The summed E-state index contributed by atoms with van der Waals surface area (Å²) in [6, 6.07) is 1.62. The number of aromatic nitrogens is 1. The van der Waals surface area contributed by atoms with Crippen molar-refractivity contribution in [3.63, 3.8) is 0 Å². The highest BCUT2D eigenvalue weighted by Gasteiger charge is 2.29. The number of pyridine rings is 1. The lowest BCUT2D eigenvalue weighted by molar-refractivity contribution is 0.0647. The number of carbonyl (C=O) groups excluding carboxylic acids is 1. The van der Waals surface area contributed by atoms with E-state index < -0.39 is 0 Å². The lowest BCUT2D eigenvalue weighted by atomic mass is 9.90. The predicted octanol–water partition coefficient (Wildman–Crippen LogP) is 0.883. The Kier molecular flexibility index (Phi) is 4.04. The number of H-pyrrole nitrogens is 1. The second-order valence-electron chi connectivity index (χ2n) is 5.27. The van der Waals surface area contributed by atoms with E-state index in [1.54, 1.807) is 11.8 Å². The SMILES string of the molecule is CCC1CN(C(=O)c2c[nH]c(C)cc2=O)CCC1N. The fraction of sp³-hybridized carbons (Fsp3) is 0.571. The average molecular weight is 263 g/mol. The lowest BCUT2D eigenvalue weighted by Crippen LogP contribution is -2.49. The van der Waals surface area contributed by atoms with Crippen LogP contribution in [0.2, 0.25) is 0 Å². The van der Waals surface area contributed by atoms with E-state index in [2.05, 4.69) is 11.9 Å². The number of aryl methyl sites for hydroxylation is 1. The average Bonchev–Trinajstić information content (AvgIpc) is 2.38. The van der Waals surface area contributed by atoms with E-state index in [0.29, 0.717) is 19.0 Å². The molecule has 3 N–H and O–H groups in total. The van der Waals surface area contributed by atoms with Crippen LogP contribution in [-0.4, -0.2) is 34.9 Å². The van der Waals surface area contributed by atoms with Crippen LogP contribution in [0.1, 0.15) is 35.8 Å². The number of carbonyl (C=O) groups is 1. The Morgan fingerprint density at radius 3 is 2.95 bits per heavy atom. The van der Waals surface area contributed by atoms with Gasteiger partial charge in [-0.15, -0.1) is 0 Å². The smallest absolute Gasteiger partial charge is 0.259 e. The topological polar surface area (TPSA) is 79.2 Å². The minimum absolute atomic E-state index is 0.158. The normalized spacial score (nSPS) is 23.4. The van der Waals surface area contributed by atoms with E-state index in [4.69, 9.17) is 5.73 Å². The van der Waals surface area contributed by atoms with Crippen LogP contribution in [0.3, 0.4) is 0 Å². The van der Waals surface area contributed by atoms with Gasteiger partial charge in [-0.05, 0) is 19.3 Å². The van der Waals surface area contributed by atoms with Crippen molar-refractivity contribution in [2.24, 2.45) is 11.7 Å². The molecule has 1 fully saturated rings. The number of hydrogen-bond donors (Lipinski definition) is 2. The van der Waals surface area contributed by atoms with Gasteiger partial charge in [0.15, 0.2) is 5.43 Å². The zero-order chi connectivity index (χ0) is 14.0. The molecule has 1 aliphatic rings. The fourth-order valence-electron chi connectivity index (χ4n) is 2.58. The number of amides is 1. The van der Waals surface area contributed by atoms with Gasteiger partial charge < -0.3 is 15.6 Å². The van der Waals surface area contributed by atoms with Crippen molar-refractivity contribution < 1.29 is 4.79 Å². The van der Waals surface area contributed by atoms with Crippen LogP contribution in [0.4, 0.5) is 0 Å².